The van der Waals surface area contributed by atoms with E-state index in [4.69, 9.17) is 15.2 Å². The van der Waals surface area contributed by atoms with Crippen LogP contribution in [-0.2, 0) is 17.9 Å². The number of alkyl carbamates (subject to hydrolysis) is 1. The number of hydrogen-bond donors (Lipinski definition) is 3. The number of nitrogens with zero attached hydrogens (tertiary/aromatic N) is 6. The van der Waals surface area contributed by atoms with E-state index in [1.807, 2.05) is 60.7 Å². The van der Waals surface area contributed by atoms with Gasteiger partial charge in [-0.05, 0) is 73.4 Å². The van der Waals surface area contributed by atoms with Gasteiger partial charge < -0.3 is 30.4 Å². The van der Waals surface area contributed by atoms with Crippen molar-refractivity contribution in [2.75, 3.05) is 23.8 Å². The van der Waals surface area contributed by atoms with Gasteiger partial charge in [0.15, 0.2) is 11.2 Å². The molecule has 0 aliphatic carbocycles. The van der Waals surface area contributed by atoms with Crippen molar-refractivity contribution in [3.8, 4) is 11.9 Å². The summed E-state index contributed by atoms with van der Waals surface area (Å²) in [4.78, 5) is 34.9. The molecule has 12 nitrogen and oxygen atoms in total. The molecule has 0 saturated heterocycles. The van der Waals surface area contributed by atoms with Crippen LogP contribution in [0.15, 0.2) is 79.1 Å². The maximum Gasteiger partial charge on any atom is 0.407 e. The van der Waals surface area contributed by atoms with Crippen molar-refractivity contribution in [1.29, 1.82) is 5.26 Å². The lowest BCUT2D eigenvalue weighted by Crippen LogP contribution is -2.47. The van der Waals surface area contributed by atoms with E-state index in [0.29, 0.717) is 40.7 Å². The van der Waals surface area contributed by atoms with Gasteiger partial charge in [0.05, 0.1) is 34.2 Å². The van der Waals surface area contributed by atoms with Crippen molar-refractivity contribution in [3.63, 3.8) is 0 Å². The summed E-state index contributed by atoms with van der Waals surface area (Å²) in [5.41, 5.74) is 13.9. The molecule has 1 aliphatic rings. The van der Waals surface area contributed by atoms with Gasteiger partial charge in [-0.2, -0.15) is 15.2 Å². The molecular formula is C38H35N9O3S. The number of nitrogens with one attached hydrogen (secondary N) is 2. The quantitative estimate of drug-likeness (QED) is 0.125. The number of allylic oxidation sites excluding steroid dienone is 2. The SMILES string of the molecule is CC1=CC(C)(C)N(CCOC(=O)NCc2ccc(COc3nc(N)nc4[nH]cnc34)cc2)c2ccc(/C=C(\C#N)c3nc4ccccc4s3)cc21. The number of carbonyl (C=O) groups excluding carboxylic acids is 1. The number of aromatic nitrogens is 5. The Balaban J connectivity index is 0.941. The Morgan fingerprint density at radius 3 is 2.71 bits per heavy atom. The molecule has 13 heteroatoms. The first-order valence-corrected chi connectivity index (χ1v) is 17.2. The number of ether oxygens (including phenoxy) is 2. The topological polar surface area (TPSA) is 168 Å². The van der Waals surface area contributed by atoms with Crippen LogP contribution in [0.1, 0.15) is 48.0 Å². The van der Waals surface area contributed by atoms with E-state index in [1.165, 1.54) is 17.7 Å². The van der Waals surface area contributed by atoms with E-state index in [0.717, 1.165) is 43.7 Å². The highest BCUT2D eigenvalue weighted by atomic mass is 32.1. The molecule has 4 N–H and O–H groups in total. The molecule has 7 rings (SSSR count). The number of nitrogen functional groups attached to an aromatic ring is 1. The zero-order chi connectivity index (χ0) is 35.5. The lowest BCUT2D eigenvalue weighted by atomic mass is 9.88. The highest BCUT2D eigenvalue weighted by molar-refractivity contribution is 7.19. The van der Waals surface area contributed by atoms with Crippen LogP contribution in [0.3, 0.4) is 0 Å². The van der Waals surface area contributed by atoms with E-state index in [2.05, 4.69) is 80.2 Å². The molecule has 1 amide bonds. The van der Waals surface area contributed by atoms with Gasteiger partial charge in [0.25, 0.3) is 0 Å². The average molecular weight is 698 g/mol. The third-order valence-electron chi connectivity index (χ3n) is 8.61. The van der Waals surface area contributed by atoms with Crippen molar-refractivity contribution < 1.29 is 14.3 Å². The van der Waals surface area contributed by atoms with E-state index in [1.54, 1.807) is 0 Å². The molecule has 3 aromatic heterocycles. The van der Waals surface area contributed by atoms with Crippen LogP contribution in [0.25, 0.3) is 38.6 Å². The number of benzene rings is 3. The number of nitrogens with two attached hydrogens (primary N) is 1. The number of rotatable bonds is 10. The van der Waals surface area contributed by atoms with Crippen LogP contribution in [0, 0.1) is 11.3 Å². The minimum Gasteiger partial charge on any atom is -0.471 e. The Bertz CT molecular complexity index is 2320. The molecule has 6 aromatic rings. The second-order valence-corrected chi connectivity index (χ2v) is 13.7. The number of para-hydroxylation sites is 1. The number of H-pyrrole nitrogens is 1. The Morgan fingerprint density at radius 1 is 1.10 bits per heavy atom. The van der Waals surface area contributed by atoms with Gasteiger partial charge in [-0.25, -0.2) is 14.8 Å². The molecule has 0 spiro atoms. The zero-order valence-corrected chi connectivity index (χ0v) is 29.1. The second-order valence-electron chi connectivity index (χ2n) is 12.6. The Kier molecular flexibility index (Phi) is 9.08. The normalized spacial score (nSPS) is 13.8. The number of aromatic amines is 1. The number of imidazole rings is 1. The van der Waals surface area contributed by atoms with Crippen LogP contribution < -0.4 is 20.7 Å². The molecule has 51 heavy (non-hydrogen) atoms. The van der Waals surface area contributed by atoms with Gasteiger partial charge >= 0.3 is 6.09 Å². The molecule has 0 atom stereocenters. The first-order chi connectivity index (χ1) is 24.7. The maximum atomic E-state index is 12.7. The number of anilines is 2. The predicted octanol–water partition coefficient (Wildman–Crippen LogP) is 7.12. The molecule has 0 bridgehead atoms. The van der Waals surface area contributed by atoms with Crippen molar-refractivity contribution in [2.24, 2.45) is 0 Å². The fourth-order valence-corrected chi connectivity index (χ4v) is 7.11. The summed E-state index contributed by atoms with van der Waals surface area (Å²) in [5, 5.41) is 13.5. The number of amides is 1. The Labute approximate surface area is 298 Å². The monoisotopic (exact) mass is 697 g/mol. The number of hydrogen-bond acceptors (Lipinski definition) is 11. The minimum atomic E-state index is -0.493. The Morgan fingerprint density at radius 2 is 1.90 bits per heavy atom. The molecular weight excluding hydrogens is 663 g/mol. The summed E-state index contributed by atoms with van der Waals surface area (Å²) >= 11 is 1.51. The highest BCUT2D eigenvalue weighted by Gasteiger charge is 2.31. The van der Waals surface area contributed by atoms with Crippen molar-refractivity contribution in [2.45, 2.75) is 39.5 Å². The van der Waals surface area contributed by atoms with Crippen molar-refractivity contribution >= 4 is 67.7 Å². The largest absolute Gasteiger partial charge is 0.471 e. The van der Waals surface area contributed by atoms with E-state index in [-0.39, 0.29) is 24.7 Å². The van der Waals surface area contributed by atoms with Crippen LogP contribution in [0.2, 0.25) is 0 Å². The lowest BCUT2D eigenvalue weighted by Gasteiger charge is -2.43. The average Bonchev–Trinajstić information content (AvgIpc) is 3.78. The Hall–Kier alpha value is -6.26. The fourth-order valence-electron chi connectivity index (χ4n) is 6.18. The molecule has 4 heterocycles. The molecule has 3 aromatic carbocycles. The smallest absolute Gasteiger partial charge is 0.407 e. The molecule has 0 radical (unpaired) electrons. The van der Waals surface area contributed by atoms with Gasteiger partial charge in [0, 0.05) is 17.8 Å². The van der Waals surface area contributed by atoms with Gasteiger partial charge in [-0.15, -0.1) is 11.3 Å². The van der Waals surface area contributed by atoms with Crippen LogP contribution in [0.5, 0.6) is 5.88 Å². The third-order valence-corrected chi connectivity index (χ3v) is 9.67. The summed E-state index contributed by atoms with van der Waals surface area (Å²) in [6.07, 6.45) is 5.13. The van der Waals surface area contributed by atoms with E-state index < -0.39 is 6.09 Å². The summed E-state index contributed by atoms with van der Waals surface area (Å²) < 4.78 is 12.5. The van der Waals surface area contributed by atoms with Gasteiger partial charge in [0.2, 0.25) is 11.8 Å². The van der Waals surface area contributed by atoms with Gasteiger partial charge in [0.1, 0.15) is 24.3 Å². The maximum absolute atomic E-state index is 12.7. The number of fused-ring (bicyclic) bond motifs is 3. The second kappa shape index (κ2) is 13.9. The highest BCUT2D eigenvalue weighted by Crippen LogP contribution is 2.40. The lowest BCUT2D eigenvalue weighted by molar-refractivity contribution is 0.147. The molecule has 0 fully saturated rings. The van der Waals surface area contributed by atoms with Crippen molar-refractivity contribution in [3.05, 3.63) is 106 Å². The zero-order valence-electron chi connectivity index (χ0n) is 28.3. The van der Waals surface area contributed by atoms with E-state index in [9.17, 15) is 10.1 Å². The van der Waals surface area contributed by atoms with Gasteiger partial charge in [-0.3, -0.25) is 0 Å². The van der Waals surface area contributed by atoms with Gasteiger partial charge in [-0.1, -0.05) is 48.5 Å². The number of carbonyl (C=O) groups is 1. The number of thiazole rings is 1. The van der Waals surface area contributed by atoms with E-state index >= 15 is 0 Å². The van der Waals surface area contributed by atoms with Crippen molar-refractivity contribution in [1.82, 2.24) is 30.2 Å². The summed E-state index contributed by atoms with van der Waals surface area (Å²) in [7, 11) is 0. The summed E-state index contributed by atoms with van der Waals surface area (Å²) in [6, 6.07) is 24.1. The predicted molar refractivity (Wildman–Crippen MR) is 200 cm³/mol. The standard InChI is InChI=1S/C38H35N9O3S/c1-23-18-38(2,3)47(30-13-12-26(17-28(23)30)16-27(19-39)35-44-29-6-4-5-7-31(29)51-35)14-15-49-37(48)41-20-24-8-10-25(11-9-24)21-50-34-32-33(43-22-42-32)45-36(40)46-34/h4-13,16-18,22H,14-15,20-21H2,1-3H3,(H,41,48)(H3,40,42,43,45,46)/b27-16+. The minimum absolute atomic E-state index is 0.0989. The third kappa shape index (κ3) is 7.22. The van der Waals surface area contributed by atoms with Crippen LogP contribution in [-0.4, -0.2) is 49.7 Å². The molecule has 0 saturated carbocycles. The first kappa shape index (κ1) is 33.2. The number of nitriles is 1. The molecule has 0 unspecified atom stereocenters. The molecule has 256 valence electrons. The summed E-state index contributed by atoms with van der Waals surface area (Å²) in [5.74, 6) is 0.407. The first-order valence-electron chi connectivity index (χ1n) is 16.3. The fraction of sp³-hybridized carbons (Fsp3) is 0.211. The van der Waals surface area contributed by atoms with Crippen LogP contribution >= 0.6 is 11.3 Å². The van der Waals surface area contributed by atoms with Crippen LogP contribution in [0.4, 0.5) is 16.4 Å². The summed E-state index contributed by atoms with van der Waals surface area (Å²) in [6.45, 7) is 7.66. The molecule has 1 aliphatic heterocycles.